The minimum absolute atomic E-state index is 0.135. The van der Waals surface area contributed by atoms with Gasteiger partial charge in [0.25, 0.3) is 0 Å². The maximum Gasteiger partial charge on any atom is 0.124 e. The van der Waals surface area contributed by atoms with Crippen LogP contribution < -0.4 is 5.32 Å². The lowest BCUT2D eigenvalue weighted by atomic mass is 10.1. The van der Waals surface area contributed by atoms with Gasteiger partial charge in [0.2, 0.25) is 0 Å². The maximum atomic E-state index is 13.1. The fourth-order valence-corrected chi connectivity index (χ4v) is 3.13. The Labute approximate surface area is 126 Å². The Balaban J connectivity index is 1.86. The van der Waals surface area contributed by atoms with E-state index in [9.17, 15) is 4.39 Å². The molecule has 0 radical (unpaired) electrons. The monoisotopic (exact) mass is 298 g/mol. The van der Waals surface area contributed by atoms with Crippen molar-refractivity contribution in [3.05, 3.63) is 34.6 Å². The summed E-state index contributed by atoms with van der Waals surface area (Å²) in [5, 5.41) is 4.00. The van der Waals surface area contributed by atoms with Crippen LogP contribution in [0.4, 0.5) is 4.39 Å². The number of benzene rings is 1. The SMILES string of the molecule is CC(NCC(C)N1CCCCC1)c1ccc(F)cc1Cl. The van der Waals surface area contributed by atoms with Crippen LogP contribution in [0.15, 0.2) is 18.2 Å². The average Bonchev–Trinajstić information content (AvgIpc) is 2.45. The topological polar surface area (TPSA) is 15.3 Å². The van der Waals surface area contributed by atoms with E-state index in [1.807, 2.05) is 0 Å². The molecule has 1 aliphatic rings. The quantitative estimate of drug-likeness (QED) is 0.884. The van der Waals surface area contributed by atoms with Crippen molar-refractivity contribution in [1.29, 1.82) is 0 Å². The molecule has 0 amide bonds. The van der Waals surface area contributed by atoms with Gasteiger partial charge in [-0.3, -0.25) is 4.90 Å². The summed E-state index contributed by atoms with van der Waals surface area (Å²) in [6, 6.07) is 5.27. The Morgan fingerprint density at radius 1 is 1.25 bits per heavy atom. The number of nitrogens with zero attached hydrogens (tertiary/aromatic N) is 1. The van der Waals surface area contributed by atoms with E-state index in [0.29, 0.717) is 11.1 Å². The van der Waals surface area contributed by atoms with Gasteiger partial charge in [0.1, 0.15) is 5.82 Å². The van der Waals surface area contributed by atoms with Crippen LogP contribution in [-0.4, -0.2) is 30.6 Å². The zero-order chi connectivity index (χ0) is 14.5. The molecule has 1 aliphatic heterocycles. The fraction of sp³-hybridized carbons (Fsp3) is 0.625. The molecule has 0 aliphatic carbocycles. The van der Waals surface area contributed by atoms with Crippen molar-refractivity contribution in [1.82, 2.24) is 10.2 Å². The zero-order valence-corrected chi connectivity index (χ0v) is 13.1. The Morgan fingerprint density at radius 3 is 2.60 bits per heavy atom. The van der Waals surface area contributed by atoms with Gasteiger partial charge in [-0.05, 0) is 57.5 Å². The first kappa shape index (κ1) is 15.7. The Morgan fingerprint density at radius 2 is 1.95 bits per heavy atom. The second kappa shape index (κ2) is 7.39. The number of nitrogens with one attached hydrogen (secondary N) is 1. The summed E-state index contributed by atoms with van der Waals surface area (Å²) in [6.07, 6.45) is 3.98. The molecule has 4 heteroatoms. The van der Waals surface area contributed by atoms with Crippen LogP contribution in [0.3, 0.4) is 0 Å². The van der Waals surface area contributed by atoms with Crippen LogP contribution in [0.25, 0.3) is 0 Å². The summed E-state index contributed by atoms with van der Waals surface area (Å²) in [5.74, 6) is -0.285. The number of halogens is 2. The summed E-state index contributed by atoms with van der Waals surface area (Å²) >= 11 is 6.10. The van der Waals surface area contributed by atoms with E-state index >= 15 is 0 Å². The largest absolute Gasteiger partial charge is 0.309 e. The first-order chi connectivity index (χ1) is 9.58. The van der Waals surface area contributed by atoms with Gasteiger partial charge >= 0.3 is 0 Å². The molecule has 1 aromatic rings. The van der Waals surface area contributed by atoms with Gasteiger partial charge in [0, 0.05) is 23.7 Å². The third-order valence-corrected chi connectivity index (χ3v) is 4.49. The van der Waals surface area contributed by atoms with Crippen LogP contribution in [0.1, 0.15) is 44.7 Å². The lowest BCUT2D eigenvalue weighted by Crippen LogP contribution is -2.43. The molecule has 0 spiro atoms. The van der Waals surface area contributed by atoms with Crippen LogP contribution >= 0.6 is 11.6 Å². The van der Waals surface area contributed by atoms with Crippen LogP contribution in [0.2, 0.25) is 5.02 Å². The molecule has 0 bridgehead atoms. The zero-order valence-electron chi connectivity index (χ0n) is 12.3. The van der Waals surface area contributed by atoms with E-state index in [-0.39, 0.29) is 11.9 Å². The Hall–Kier alpha value is -0.640. The van der Waals surface area contributed by atoms with Crippen molar-refractivity contribution in [3.63, 3.8) is 0 Å². The van der Waals surface area contributed by atoms with Gasteiger partial charge in [0.05, 0.1) is 0 Å². The molecular formula is C16H24ClFN2. The lowest BCUT2D eigenvalue weighted by molar-refractivity contribution is 0.168. The molecule has 2 atom stereocenters. The van der Waals surface area contributed by atoms with Crippen molar-refractivity contribution in [2.75, 3.05) is 19.6 Å². The molecule has 2 rings (SSSR count). The highest BCUT2D eigenvalue weighted by Gasteiger charge is 2.18. The maximum absolute atomic E-state index is 13.1. The van der Waals surface area contributed by atoms with Gasteiger partial charge in [-0.25, -0.2) is 4.39 Å². The minimum atomic E-state index is -0.285. The second-order valence-electron chi connectivity index (χ2n) is 5.74. The molecule has 1 heterocycles. The van der Waals surface area contributed by atoms with Crippen LogP contribution in [0.5, 0.6) is 0 Å². The number of piperidine rings is 1. The Kier molecular flexibility index (Phi) is 5.82. The number of hydrogen-bond donors (Lipinski definition) is 1. The molecule has 1 aromatic carbocycles. The summed E-state index contributed by atoms with van der Waals surface area (Å²) in [5.41, 5.74) is 0.957. The third kappa shape index (κ3) is 4.18. The molecule has 2 unspecified atom stereocenters. The van der Waals surface area contributed by atoms with E-state index < -0.39 is 0 Å². The molecule has 1 fully saturated rings. The molecule has 0 saturated carbocycles. The lowest BCUT2D eigenvalue weighted by Gasteiger charge is -2.33. The van der Waals surface area contributed by atoms with Gasteiger partial charge in [-0.2, -0.15) is 0 Å². The average molecular weight is 299 g/mol. The smallest absolute Gasteiger partial charge is 0.124 e. The van der Waals surface area contributed by atoms with Crippen molar-refractivity contribution >= 4 is 11.6 Å². The first-order valence-electron chi connectivity index (χ1n) is 7.50. The van der Waals surface area contributed by atoms with Crippen molar-refractivity contribution in [2.24, 2.45) is 0 Å². The summed E-state index contributed by atoms with van der Waals surface area (Å²) in [6.45, 7) is 7.66. The summed E-state index contributed by atoms with van der Waals surface area (Å²) in [7, 11) is 0. The highest BCUT2D eigenvalue weighted by Crippen LogP contribution is 2.23. The van der Waals surface area contributed by atoms with Gasteiger partial charge in [-0.1, -0.05) is 24.1 Å². The number of rotatable bonds is 5. The second-order valence-corrected chi connectivity index (χ2v) is 6.15. The van der Waals surface area contributed by atoms with Crippen molar-refractivity contribution < 1.29 is 4.39 Å². The molecule has 1 saturated heterocycles. The summed E-state index contributed by atoms with van der Waals surface area (Å²) in [4.78, 5) is 2.54. The van der Waals surface area contributed by atoms with E-state index in [0.717, 1.165) is 12.1 Å². The fourth-order valence-electron chi connectivity index (χ4n) is 2.80. The molecule has 0 aromatic heterocycles. The highest BCUT2D eigenvalue weighted by atomic mass is 35.5. The van der Waals surface area contributed by atoms with Crippen molar-refractivity contribution in [3.8, 4) is 0 Å². The van der Waals surface area contributed by atoms with Gasteiger partial charge in [0.15, 0.2) is 0 Å². The molecule has 1 N–H and O–H groups in total. The standard InChI is InChI=1S/C16H24ClFN2/c1-12(20-8-4-3-5-9-20)11-19-13(2)15-7-6-14(18)10-16(15)17/h6-7,10,12-13,19H,3-5,8-9,11H2,1-2H3. The van der Waals surface area contributed by atoms with E-state index in [1.54, 1.807) is 6.07 Å². The van der Waals surface area contributed by atoms with Crippen LogP contribution in [0, 0.1) is 5.82 Å². The number of likely N-dealkylation sites (tertiary alicyclic amines) is 1. The predicted octanol–water partition coefficient (Wildman–Crippen LogP) is 4.00. The normalized spacial score (nSPS) is 19.8. The predicted molar refractivity (Wildman–Crippen MR) is 82.7 cm³/mol. The van der Waals surface area contributed by atoms with E-state index in [2.05, 4.69) is 24.1 Å². The molecular weight excluding hydrogens is 275 g/mol. The Bertz CT molecular complexity index is 432. The highest BCUT2D eigenvalue weighted by molar-refractivity contribution is 6.31. The third-order valence-electron chi connectivity index (χ3n) is 4.16. The molecule has 112 valence electrons. The summed E-state index contributed by atoms with van der Waals surface area (Å²) < 4.78 is 13.1. The van der Waals surface area contributed by atoms with E-state index in [1.165, 1.54) is 44.5 Å². The molecule has 2 nitrogen and oxygen atoms in total. The molecule has 20 heavy (non-hydrogen) atoms. The van der Waals surface area contributed by atoms with E-state index in [4.69, 9.17) is 11.6 Å². The first-order valence-corrected chi connectivity index (χ1v) is 7.88. The van der Waals surface area contributed by atoms with Gasteiger partial charge in [-0.15, -0.1) is 0 Å². The number of hydrogen-bond acceptors (Lipinski definition) is 2. The van der Waals surface area contributed by atoms with Gasteiger partial charge < -0.3 is 5.32 Å². The van der Waals surface area contributed by atoms with Crippen molar-refractivity contribution in [2.45, 2.75) is 45.2 Å². The van der Waals surface area contributed by atoms with Crippen LogP contribution in [-0.2, 0) is 0 Å². The minimum Gasteiger partial charge on any atom is -0.309 e.